The predicted molar refractivity (Wildman–Crippen MR) is 111 cm³/mol. The van der Waals surface area contributed by atoms with E-state index in [9.17, 15) is 0 Å². The number of rotatable bonds is 9. The van der Waals surface area contributed by atoms with Crippen molar-refractivity contribution in [2.24, 2.45) is 0 Å². The molecule has 0 saturated carbocycles. The molecule has 0 fully saturated rings. The molecule has 2 unspecified atom stereocenters. The van der Waals surface area contributed by atoms with Gasteiger partial charge in [-0.3, -0.25) is 0 Å². The predicted octanol–water partition coefficient (Wildman–Crippen LogP) is 5.89. The zero-order valence-corrected chi connectivity index (χ0v) is 18.4. The SMILES string of the molecule is Cc1cc(C(C)CCc2cc(C(C)CCc3nnc(C(C)C)s3)no2)ns1. The number of nitrogens with zero attached hydrogens (tertiary/aromatic N) is 4. The van der Waals surface area contributed by atoms with E-state index in [0.717, 1.165) is 47.2 Å². The lowest BCUT2D eigenvalue weighted by molar-refractivity contribution is 0.367. The minimum Gasteiger partial charge on any atom is -0.361 e. The molecule has 0 aliphatic rings. The van der Waals surface area contributed by atoms with Crippen molar-refractivity contribution in [1.82, 2.24) is 19.7 Å². The van der Waals surface area contributed by atoms with Gasteiger partial charge in [-0.05, 0) is 43.3 Å². The van der Waals surface area contributed by atoms with Crippen molar-refractivity contribution in [2.45, 2.75) is 78.1 Å². The smallest absolute Gasteiger partial charge is 0.137 e. The molecule has 0 bridgehead atoms. The summed E-state index contributed by atoms with van der Waals surface area (Å²) in [5.41, 5.74) is 2.22. The largest absolute Gasteiger partial charge is 0.361 e. The van der Waals surface area contributed by atoms with Crippen molar-refractivity contribution in [3.8, 4) is 0 Å². The number of aromatic nitrogens is 4. The fourth-order valence-electron chi connectivity index (χ4n) is 2.89. The third kappa shape index (κ3) is 5.45. The summed E-state index contributed by atoms with van der Waals surface area (Å²) >= 11 is 3.30. The van der Waals surface area contributed by atoms with Crippen LogP contribution >= 0.6 is 22.9 Å². The number of aryl methyl sites for hydroxylation is 3. The molecule has 27 heavy (non-hydrogen) atoms. The molecule has 0 amide bonds. The summed E-state index contributed by atoms with van der Waals surface area (Å²) in [5, 5.41) is 15.1. The quantitative estimate of drug-likeness (QED) is 0.445. The summed E-state index contributed by atoms with van der Waals surface area (Å²) in [5.74, 6) is 2.21. The van der Waals surface area contributed by atoms with Crippen LogP contribution in [0.5, 0.6) is 0 Å². The van der Waals surface area contributed by atoms with Gasteiger partial charge < -0.3 is 4.52 Å². The van der Waals surface area contributed by atoms with Gasteiger partial charge in [0, 0.05) is 35.6 Å². The van der Waals surface area contributed by atoms with Crippen LogP contribution in [0.1, 0.15) is 90.3 Å². The van der Waals surface area contributed by atoms with E-state index >= 15 is 0 Å². The zero-order chi connectivity index (χ0) is 19.4. The molecule has 0 aromatic carbocycles. The standard InChI is InChI=1S/C20H28N4OS2/c1-12(2)20-22-21-19(26-20)9-7-13(3)17-11-16(25-23-17)8-6-14(4)18-10-15(5)27-24-18/h10-14H,6-9H2,1-5H3. The van der Waals surface area contributed by atoms with Gasteiger partial charge >= 0.3 is 0 Å². The third-order valence-corrected chi connectivity index (χ3v) is 6.82. The van der Waals surface area contributed by atoms with Gasteiger partial charge in [0.1, 0.15) is 15.8 Å². The third-order valence-electron chi connectivity index (χ3n) is 4.82. The summed E-state index contributed by atoms with van der Waals surface area (Å²) < 4.78 is 10.1. The van der Waals surface area contributed by atoms with Gasteiger partial charge in [-0.25, -0.2) is 0 Å². The second-order valence-electron chi connectivity index (χ2n) is 7.65. The molecular weight excluding hydrogens is 376 g/mol. The molecule has 2 atom stereocenters. The van der Waals surface area contributed by atoms with Gasteiger partial charge in [-0.2, -0.15) is 4.37 Å². The summed E-state index contributed by atoms with van der Waals surface area (Å²) in [7, 11) is 0. The summed E-state index contributed by atoms with van der Waals surface area (Å²) in [6, 6.07) is 4.30. The lowest BCUT2D eigenvalue weighted by Crippen LogP contribution is -1.97. The topological polar surface area (TPSA) is 64.7 Å². The van der Waals surface area contributed by atoms with Crippen LogP contribution in [-0.4, -0.2) is 19.7 Å². The Morgan fingerprint density at radius 2 is 1.70 bits per heavy atom. The van der Waals surface area contributed by atoms with Crippen LogP contribution in [0, 0.1) is 6.92 Å². The molecule has 5 nitrogen and oxygen atoms in total. The van der Waals surface area contributed by atoms with E-state index in [2.05, 4.69) is 66.5 Å². The molecule has 3 rings (SSSR count). The van der Waals surface area contributed by atoms with Crippen LogP contribution < -0.4 is 0 Å². The van der Waals surface area contributed by atoms with Crippen LogP contribution in [0.15, 0.2) is 16.7 Å². The molecular formula is C20H28N4OS2. The van der Waals surface area contributed by atoms with Crippen LogP contribution in [0.4, 0.5) is 0 Å². The average Bonchev–Trinajstić information content (AvgIpc) is 3.37. The molecule has 0 radical (unpaired) electrons. The molecule has 0 spiro atoms. The Morgan fingerprint density at radius 1 is 0.963 bits per heavy atom. The summed E-state index contributed by atoms with van der Waals surface area (Å²) in [6.07, 6.45) is 3.86. The zero-order valence-electron chi connectivity index (χ0n) is 16.7. The lowest BCUT2D eigenvalue weighted by atomic mass is 9.99. The molecule has 0 N–H and O–H groups in total. The van der Waals surface area contributed by atoms with Crippen molar-refractivity contribution >= 4 is 22.9 Å². The fourth-order valence-corrected chi connectivity index (χ4v) is 4.41. The Kier molecular flexibility index (Phi) is 6.76. The van der Waals surface area contributed by atoms with E-state index in [1.807, 2.05) is 0 Å². The highest BCUT2D eigenvalue weighted by Gasteiger charge is 2.16. The lowest BCUT2D eigenvalue weighted by Gasteiger charge is -2.06. The van der Waals surface area contributed by atoms with Gasteiger partial charge in [0.25, 0.3) is 0 Å². The van der Waals surface area contributed by atoms with Crippen molar-refractivity contribution in [3.63, 3.8) is 0 Å². The van der Waals surface area contributed by atoms with E-state index < -0.39 is 0 Å². The normalized spacial score (nSPS) is 14.0. The van der Waals surface area contributed by atoms with Crippen molar-refractivity contribution in [1.29, 1.82) is 0 Å². The van der Waals surface area contributed by atoms with Crippen molar-refractivity contribution in [3.05, 3.63) is 44.2 Å². The van der Waals surface area contributed by atoms with E-state index in [0.29, 0.717) is 17.8 Å². The van der Waals surface area contributed by atoms with Crippen LogP contribution in [0.2, 0.25) is 0 Å². The Balaban J connectivity index is 1.48. The molecule has 0 aliphatic heterocycles. The first-order chi connectivity index (χ1) is 12.9. The first-order valence-corrected chi connectivity index (χ1v) is 11.2. The average molecular weight is 405 g/mol. The highest BCUT2D eigenvalue weighted by atomic mass is 32.1. The van der Waals surface area contributed by atoms with Gasteiger partial charge in [0.05, 0.1) is 11.4 Å². The monoisotopic (exact) mass is 404 g/mol. The molecule has 3 aromatic heterocycles. The maximum Gasteiger partial charge on any atom is 0.137 e. The van der Waals surface area contributed by atoms with Crippen molar-refractivity contribution in [2.75, 3.05) is 0 Å². The maximum atomic E-state index is 5.57. The van der Waals surface area contributed by atoms with Crippen LogP contribution in [0.25, 0.3) is 0 Å². The minimum atomic E-state index is 0.354. The fraction of sp³-hybridized carbons (Fsp3) is 0.600. The van der Waals surface area contributed by atoms with Gasteiger partial charge in [-0.15, -0.1) is 21.5 Å². The Labute approximate surface area is 169 Å². The Morgan fingerprint density at radius 3 is 2.37 bits per heavy atom. The van der Waals surface area contributed by atoms with Gasteiger partial charge in [0.2, 0.25) is 0 Å². The summed E-state index contributed by atoms with van der Waals surface area (Å²) in [6.45, 7) is 10.8. The van der Waals surface area contributed by atoms with E-state index in [1.54, 1.807) is 22.9 Å². The molecule has 3 heterocycles. The second kappa shape index (κ2) is 9.06. The van der Waals surface area contributed by atoms with Crippen LogP contribution in [0.3, 0.4) is 0 Å². The highest BCUT2D eigenvalue weighted by molar-refractivity contribution is 7.11. The molecule has 7 heteroatoms. The number of hydrogen-bond donors (Lipinski definition) is 0. The molecule has 146 valence electrons. The summed E-state index contributed by atoms with van der Waals surface area (Å²) in [4.78, 5) is 1.27. The first-order valence-electron chi connectivity index (χ1n) is 9.63. The maximum absolute atomic E-state index is 5.57. The number of hydrogen-bond acceptors (Lipinski definition) is 7. The van der Waals surface area contributed by atoms with Crippen LogP contribution in [-0.2, 0) is 12.8 Å². The van der Waals surface area contributed by atoms with Gasteiger partial charge in [0.15, 0.2) is 0 Å². The highest BCUT2D eigenvalue weighted by Crippen LogP contribution is 2.26. The molecule has 3 aromatic rings. The minimum absolute atomic E-state index is 0.354. The van der Waals surface area contributed by atoms with Crippen molar-refractivity contribution < 1.29 is 4.52 Å². The Bertz CT molecular complexity index is 852. The second-order valence-corrected chi connectivity index (χ2v) is 9.75. The van der Waals surface area contributed by atoms with E-state index in [1.165, 1.54) is 10.6 Å². The first kappa shape index (κ1) is 20.1. The van der Waals surface area contributed by atoms with Gasteiger partial charge in [-0.1, -0.05) is 32.9 Å². The van der Waals surface area contributed by atoms with E-state index in [4.69, 9.17) is 4.52 Å². The molecule has 0 saturated heterocycles. The van der Waals surface area contributed by atoms with E-state index in [-0.39, 0.29) is 0 Å². The molecule has 0 aliphatic carbocycles. The Hall–Kier alpha value is -1.60.